The molecule has 2 rings (SSSR count). The zero-order valence-electron chi connectivity index (χ0n) is 12.6. The number of amides is 1. The van der Waals surface area contributed by atoms with Crippen LogP contribution in [0.1, 0.15) is 43.2 Å². The molecule has 1 N–H and O–H groups in total. The molecular formula is C14H22N2O4S. The second kappa shape index (κ2) is 6.19. The molecule has 21 heavy (non-hydrogen) atoms. The zero-order chi connectivity index (χ0) is 15.6. The Bertz CT molecular complexity index is 606. The van der Waals surface area contributed by atoms with E-state index in [-0.39, 0.29) is 22.8 Å². The third kappa shape index (κ3) is 3.47. The Labute approximate surface area is 125 Å². The van der Waals surface area contributed by atoms with E-state index in [1.165, 1.54) is 32.6 Å². The number of nitrogens with one attached hydrogen (secondary N) is 1. The van der Waals surface area contributed by atoms with Crippen LogP contribution in [0.3, 0.4) is 0 Å². The highest BCUT2D eigenvalue weighted by Gasteiger charge is 2.26. The lowest BCUT2D eigenvalue weighted by atomic mass is 9.86. The molecule has 2 atom stereocenters. The van der Waals surface area contributed by atoms with Crippen LogP contribution >= 0.6 is 0 Å². The third-order valence-electron chi connectivity index (χ3n) is 3.97. The number of nitrogens with zero attached hydrogens (tertiary/aromatic N) is 1. The molecule has 118 valence electrons. The molecule has 0 spiro atoms. The number of carbonyl (C=O) groups is 1. The van der Waals surface area contributed by atoms with E-state index in [9.17, 15) is 13.2 Å². The first-order valence-corrected chi connectivity index (χ1v) is 8.59. The lowest BCUT2D eigenvalue weighted by molar-refractivity contribution is 0.0876. The maximum atomic E-state index is 12.2. The summed E-state index contributed by atoms with van der Waals surface area (Å²) in [6.45, 7) is 2.12. The van der Waals surface area contributed by atoms with Crippen LogP contribution in [0.25, 0.3) is 0 Å². The van der Waals surface area contributed by atoms with Crippen LogP contribution in [0.5, 0.6) is 0 Å². The van der Waals surface area contributed by atoms with Crippen LogP contribution in [0.2, 0.25) is 0 Å². The number of carbonyl (C=O) groups excluding carboxylic acids is 1. The second-order valence-electron chi connectivity index (χ2n) is 5.75. The molecule has 1 fully saturated rings. The Hall–Kier alpha value is -1.34. The molecule has 0 saturated heterocycles. The first kappa shape index (κ1) is 16.0. The van der Waals surface area contributed by atoms with Gasteiger partial charge in [-0.15, -0.1) is 0 Å². The SMILES string of the molecule is C[C@@H]1CCCC[C@@H]1NC(=O)c1ccc(S(=O)(=O)N(C)C)o1. The highest BCUT2D eigenvalue weighted by atomic mass is 32.2. The summed E-state index contributed by atoms with van der Waals surface area (Å²) in [5, 5.41) is 2.72. The topological polar surface area (TPSA) is 79.6 Å². The summed E-state index contributed by atoms with van der Waals surface area (Å²) in [4.78, 5) is 12.2. The van der Waals surface area contributed by atoms with Crippen molar-refractivity contribution in [2.75, 3.05) is 14.1 Å². The van der Waals surface area contributed by atoms with Crippen molar-refractivity contribution in [3.63, 3.8) is 0 Å². The Morgan fingerprint density at radius 1 is 1.29 bits per heavy atom. The van der Waals surface area contributed by atoms with Gasteiger partial charge in [-0.25, -0.2) is 12.7 Å². The standard InChI is InChI=1S/C14H22N2O4S/c1-10-6-4-5-7-11(10)15-14(17)12-8-9-13(20-12)21(18,19)16(2)3/h8-11H,4-7H2,1-3H3,(H,15,17)/t10-,11+/m1/s1. The van der Waals surface area contributed by atoms with E-state index in [1.807, 2.05) is 0 Å². The second-order valence-corrected chi connectivity index (χ2v) is 7.83. The van der Waals surface area contributed by atoms with Gasteiger partial charge in [0, 0.05) is 20.1 Å². The van der Waals surface area contributed by atoms with Gasteiger partial charge < -0.3 is 9.73 Å². The molecule has 6 nitrogen and oxygen atoms in total. The molecule has 1 aliphatic rings. The molecule has 0 bridgehead atoms. The average molecular weight is 314 g/mol. The summed E-state index contributed by atoms with van der Waals surface area (Å²) >= 11 is 0. The van der Waals surface area contributed by atoms with Gasteiger partial charge in [0.05, 0.1) is 0 Å². The zero-order valence-corrected chi connectivity index (χ0v) is 13.4. The summed E-state index contributed by atoms with van der Waals surface area (Å²) in [5.74, 6) is 0.116. The number of furan rings is 1. The van der Waals surface area contributed by atoms with Crippen molar-refractivity contribution in [3.8, 4) is 0 Å². The molecule has 1 saturated carbocycles. The summed E-state index contributed by atoms with van der Waals surface area (Å²) in [7, 11) is -0.811. The van der Waals surface area contributed by atoms with Gasteiger partial charge in [0.15, 0.2) is 5.76 Å². The largest absolute Gasteiger partial charge is 0.438 e. The first-order valence-electron chi connectivity index (χ1n) is 7.15. The Morgan fingerprint density at radius 2 is 1.95 bits per heavy atom. The summed E-state index contributed by atoms with van der Waals surface area (Å²) in [6.07, 6.45) is 4.35. The highest BCUT2D eigenvalue weighted by Crippen LogP contribution is 2.24. The molecule has 0 unspecified atom stereocenters. The van der Waals surface area contributed by atoms with Gasteiger partial charge in [-0.05, 0) is 30.9 Å². The van der Waals surface area contributed by atoms with Gasteiger partial charge in [0.1, 0.15) is 0 Å². The summed E-state index contributed by atoms with van der Waals surface area (Å²) < 4.78 is 30.1. The van der Waals surface area contributed by atoms with Gasteiger partial charge >= 0.3 is 0 Å². The summed E-state index contributed by atoms with van der Waals surface area (Å²) in [6, 6.07) is 2.85. The monoisotopic (exact) mass is 314 g/mol. The van der Waals surface area contributed by atoms with Crippen LogP contribution < -0.4 is 5.32 Å². The number of sulfonamides is 1. The Kier molecular flexibility index (Phi) is 4.73. The van der Waals surface area contributed by atoms with Gasteiger partial charge in [0.25, 0.3) is 15.9 Å². The fourth-order valence-corrected chi connectivity index (χ4v) is 3.33. The van der Waals surface area contributed by atoms with Crippen molar-refractivity contribution in [3.05, 3.63) is 17.9 Å². The molecule has 0 aliphatic heterocycles. The van der Waals surface area contributed by atoms with Crippen LogP contribution in [0, 0.1) is 5.92 Å². The third-order valence-corrected chi connectivity index (χ3v) is 5.66. The molecule has 1 aromatic rings. The fraction of sp³-hybridized carbons (Fsp3) is 0.643. The van der Waals surface area contributed by atoms with E-state index < -0.39 is 10.0 Å². The van der Waals surface area contributed by atoms with E-state index in [1.54, 1.807) is 0 Å². The van der Waals surface area contributed by atoms with Gasteiger partial charge in [-0.2, -0.15) is 0 Å². The number of hydrogen-bond donors (Lipinski definition) is 1. The van der Waals surface area contributed by atoms with E-state index in [2.05, 4.69) is 12.2 Å². The molecule has 1 amide bonds. The lowest BCUT2D eigenvalue weighted by Crippen LogP contribution is -2.40. The van der Waals surface area contributed by atoms with Gasteiger partial charge in [-0.3, -0.25) is 4.79 Å². The molecule has 0 radical (unpaired) electrons. The van der Waals surface area contributed by atoms with Crippen molar-refractivity contribution in [1.29, 1.82) is 0 Å². The molecular weight excluding hydrogens is 292 g/mol. The van der Waals surface area contributed by atoms with Crippen LogP contribution in [-0.4, -0.2) is 38.8 Å². The molecule has 1 aromatic heterocycles. The Morgan fingerprint density at radius 3 is 2.57 bits per heavy atom. The van der Waals surface area contributed by atoms with Crippen molar-refractivity contribution < 1.29 is 17.6 Å². The smallest absolute Gasteiger partial charge is 0.287 e. The van der Waals surface area contributed by atoms with Crippen molar-refractivity contribution in [1.82, 2.24) is 9.62 Å². The predicted molar refractivity (Wildman–Crippen MR) is 78.5 cm³/mol. The molecule has 1 aliphatic carbocycles. The lowest BCUT2D eigenvalue weighted by Gasteiger charge is -2.29. The number of rotatable bonds is 4. The first-order chi connectivity index (χ1) is 9.82. The van der Waals surface area contributed by atoms with Crippen LogP contribution in [0.4, 0.5) is 0 Å². The normalized spacial score (nSPS) is 23.2. The van der Waals surface area contributed by atoms with Crippen molar-refractivity contribution in [2.45, 2.75) is 43.7 Å². The molecule has 7 heteroatoms. The van der Waals surface area contributed by atoms with E-state index in [0.29, 0.717) is 5.92 Å². The number of hydrogen-bond acceptors (Lipinski definition) is 4. The Balaban J connectivity index is 2.09. The quantitative estimate of drug-likeness (QED) is 0.919. The van der Waals surface area contributed by atoms with E-state index >= 15 is 0 Å². The summed E-state index contributed by atoms with van der Waals surface area (Å²) in [5.41, 5.74) is 0. The fourth-order valence-electron chi connectivity index (χ4n) is 2.53. The maximum Gasteiger partial charge on any atom is 0.287 e. The minimum atomic E-state index is -3.65. The van der Waals surface area contributed by atoms with Crippen LogP contribution in [0.15, 0.2) is 21.6 Å². The predicted octanol–water partition coefficient (Wildman–Crippen LogP) is 1.84. The van der Waals surface area contributed by atoms with Crippen molar-refractivity contribution >= 4 is 15.9 Å². The van der Waals surface area contributed by atoms with E-state index in [0.717, 1.165) is 23.6 Å². The van der Waals surface area contributed by atoms with Crippen molar-refractivity contribution in [2.24, 2.45) is 5.92 Å². The van der Waals surface area contributed by atoms with E-state index in [4.69, 9.17) is 4.42 Å². The molecule has 1 heterocycles. The average Bonchev–Trinajstić information content (AvgIpc) is 2.91. The van der Waals surface area contributed by atoms with Crippen LogP contribution in [-0.2, 0) is 10.0 Å². The molecule has 0 aromatic carbocycles. The maximum absolute atomic E-state index is 12.2. The van der Waals surface area contributed by atoms with Gasteiger partial charge in [0.2, 0.25) is 5.09 Å². The minimum absolute atomic E-state index is 0.0354. The highest BCUT2D eigenvalue weighted by molar-refractivity contribution is 7.88. The minimum Gasteiger partial charge on any atom is -0.438 e. The van der Waals surface area contributed by atoms with Gasteiger partial charge in [-0.1, -0.05) is 19.8 Å².